The summed E-state index contributed by atoms with van der Waals surface area (Å²) in [7, 11) is 0. The van der Waals surface area contributed by atoms with Crippen molar-refractivity contribution in [3.8, 4) is 6.07 Å². The van der Waals surface area contributed by atoms with Gasteiger partial charge in [0.1, 0.15) is 6.10 Å². The van der Waals surface area contributed by atoms with E-state index in [-0.39, 0.29) is 5.56 Å². The van der Waals surface area contributed by atoms with Crippen molar-refractivity contribution >= 4 is 5.91 Å². The molecule has 0 heterocycles. The lowest BCUT2D eigenvalue weighted by atomic mass is 10.1. The molecule has 1 amide bonds. The number of aliphatic hydroxyl groups is 1. The molecule has 1 aromatic rings. The van der Waals surface area contributed by atoms with E-state index in [9.17, 15) is 13.6 Å². The maximum atomic E-state index is 11.9. The van der Waals surface area contributed by atoms with Crippen molar-refractivity contribution in [2.24, 2.45) is 0 Å². The molecule has 1 rings (SSSR count). The first kappa shape index (κ1) is 13.1. The molecule has 0 saturated carbocycles. The molecule has 0 spiro atoms. The molecule has 0 radical (unpaired) electrons. The monoisotopic (exact) mass is 240 g/mol. The number of rotatable bonds is 4. The van der Waals surface area contributed by atoms with Gasteiger partial charge in [0.2, 0.25) is 0 Å². The Morgan fingerprint density at radius 2 is 2.00 bits per heavy atom. The molecule has 4 nitrogen and oxygen atoms in total. The lowest BCUT2D eigenvalue weighted by molar-refractivity contribution is -0.00270. The highest BCUT2D eigenvalue weighted by molar-refractivity contribution is 5.94. The zero-order valence-corrected chi connectivity index (χ0v) is 8.73. The summed E-state index contributed by atoms with van der Waals surface area (Å²) in [5.41, 5.74) is 0.639. The van der Waals surface area contributed by atoms with Crippen LogP contribution in [0.5, 0.6) is 0 Å². The van der Waals surface area contributed by atoms with Crippen molar-refractivity contribution in [3.63, 3.8) is 0 Å². The molecule has 0 aromatic heterocycles. The quantitative estimate of drug-likeness (QED) is 0.821. The highest BCUT2D eigenvalue weighted by Crippen LogP contribution is 2.04. The summed E-state index contributed by atoms with van der Waals surface area (Å²) in [6.07, 6.45) is -4.77. The minimum absolute atomic E-state index is 0.241. The fourth-order valence-corrected chi connectivity index (χ4v) is 1.08. The Hall–Kier alpha value is -2.00. The second-order valence-corrected chi connectivity index (χ2v) is 3.30. The lowest BCUT2D eigenvalue weighted by Crippen LogP contribution is -2.35. The third-order valence-corrected chi connectivity index (χ3v) is 2.04. The molecule has 1 atom stereocenters. The fraction of sp³-hybridized carbons (Fsp3) is 0.273. The van der Waals surface area contributed by atoms with Crippen LogP contribution in [-0.2, 0) is 0 Å². The van der Waals surface area contributed by atoms with Gasteiger partial charge in [-0.05, 0) is 24.3 Å². The molecule has 90 valence electrons. The number of carbonyl (C=O) groups excluding carboxylic acids is 1. The highest BCUT2D eigenvalue weighted by Gasteiger charge is 2.17. The van der Waals surface area contributed by atoms with Gasteiger partial charge in [-0.3, -0.25) is 4.79 Å². The van der Waals surface area contributed by atoms with Crippen LogP contribution in [-0.4, -0.2) is 30.1 Å². The van der Waals surface area contributed by atoms with E-state index in [1.165, 1.54) is 24.3 Å². The average Bonchev–Trinajstić information content (AvgIpc) is 2.35. The number of amides is 1. The summed E-state index contributed by atoms with van der Waals surface area (Å²) in [4.78, 5) is 11.4. The number of nitriles is 1. The van der Waals surface area contributed by atoms with E-state index in [0.717, 1.165) is 0 Å². The Balaban J connectivity index is 2.56. The van der Waals surface area contributed by atoms with Gasteiger partial charge >= 0.3 is 0 Å². The highest BCUT2D eigenvalue weighted by atomic mass is 19.3. The van der Waals surface area contributed by atoms with Gasteiger partial charge in [0.15, 0.2) is 0 Å². The Labute approximate surface area is 96.5 Å². The molecule has 0 saturated heterocycles. The van der Waals surface area contributed by atoms with Crippen LogP contribution in [0.4, 0.5) is 8.78 Å². The van der Waals surface area contributed by atoms with Crippen LogP contribution in [0.15, 0.2) is 24.3 Å². The number of benzene rings is 1. The van der Waals surface area contributed by atoms with Crippen molar-refractivity contribution in [3.05, 3.63) is 35.4 Å². The Morgan fingerprint density at radius 1 is 1.41 bits per heavy atom. The molecule has 0 fully saturated rings. The minimum Gasteiger partial charge on any atom is -0.385 e. The van der Waals surface area contributed by atoms with Gasteiger partial charge < -0.3 is 10.4 Å². The van der Waals surface area contributed by atoms with Gasteiger partial charge in [-0.15, -0.1) is 0 Å². The third kappa shape index (κ3) is 3.81. The second kappa shape index (κ2) is 5.92. The number of alkyl halides is 2. The van der Waals surface area contributed by atoms with E-state index in [0.29, 0.717) is 5.56 Å². The maximum Gasteiger partial charge on any atom is 0.265 e. The first-order chi connectivity index (χ1) is 8.04. The van der Waals surface area contributed by atoms with E-state index in [1.54, 1.807) is 0 Å². The van der Waals surface area contributed by atoms with Gasteiger partial charge in [0.25, 0.3) is 12.3 Å². The summed E-state index contributed by atoms with van der Waals surface area (Å²) in [6, 6.07) is 7.58. The summed E-state index contributed by atoms with van der Waals surface area (Å²) in [5, 5.41) is 19.5. The smallest absolute Gasteiger partial charge is 0.265 e. The second-order valence-electron chi connectivity index (χ2n) is 3.30. The molecule has 2 N–H and O–H groups in total. The summed E-state index contributed by atoms with van der Waals surface area (Å²) in [6.45, 7) is -0.517. The third-order valence-electron chi connectivity index (χ3n) is 2.04. The maximum absolute atomic E-state index is 11.9. The van der Waals surface area contributed by atoms with Crippen molar-refractivity contribution < 1.29 is 18.7 Å². The predicted octanol–water partition coefficient (Wildman–Crippen LogP) is 0.914. The van der Waals surface area contributed by atoms with Crippen molar-refractivity contribution in [1.29, 1.82) is 5.26 Å². The molecular formula is C11H10F2N2O2. The van der Waals surface area contributed by atoms with E-state index < -0.39 is 25.0 Å². The summed E-state index contributed by atoms with van der Waals surface area (Å²) < 4.78 is 23.9. The Bertz CT molecular complexity index is 426. The standard InChI is InChI=1S/C11H10F2N2O2/c12-10(13)9(16)6-15-11(17)8-3-1-7(5-14)2-4-8/h1-4,9-10,16H,6H2,(H,15,17). The molecule has 1 aromatic carbocycles. The number of hydrogen-bond donors (Lipinski definition) is 2. The molecule has 0 aliphatic carbocycles. The van der Waals surface area contributed by atoms with Crippen molar-refractivity contribution in [2.45, 2.75) is 12.5 Å². The van der Waals surface area contributed by atoms with Gasteiger partial charge in [-0.1, -0.05) is 0 Å². The Kier molecular flexibility index (Phi) is 4.55. The van der Waals surface area contributed by atoms with E-state index in [1.807, 2.05) is 6.07 Å². The molecule has 17 heavy (non-hydrogen) atoms. The largest absolute Gasteiger partial charge is 0.385 e. The number of hydrogen-bond acceptors (Lipinski definition) is 3. The van der Waals surface area contributed by atoms with Crippen LogP contribution in [0.2, 0.25) is 0 Å². The Morgan fingerprint density at radius 3 is 2.47 bits per heavy atom. The molecular weight excluding hydrogens is 230 g/mol. The van der Waals surface area contributed by atoms with E-state index in [2.05, 4.69) is 5.32 Å². The van der Waals surface area contributed by atoms with Crippen LogP contribution in [0.1, 0.15) is 15.9 Å². The van der Waals surface area contributed by atoms with E-state index in [4.69, 9.17) is 10.4 Å². The lowest BCUT2D eigenvalue weighted by Gasteiger charge is -2.10. The molecule has 0 bridgehead atoms. The summed E-state index contributed by atoms with van der Waals surface area (Å²) >= 11 is 0. The van der Waals surface area contributed by atoms with Crippen LogP contribution in [0, 0.1) is 11.3 Å². The molecule has 6 heteroatoms. The van der Waals surface area contributed by atoms with Crippen LogP contribution < -0.4 is 5.32 Å². The molecule has 0 aliphatic rings. The average molecular weight is 240 g/mol. The summed E-state index contributed by atoms with van der Waals surface area (Å²) in [5.74, 6) is -0.575. The van der Waals surface area contributed by atoms with Crippen molar-refractivity contribution in [2.75, 3.05) is 6.54 Å². The number of nitrogens with zero attached hydrogens (tertiary/aromatic N) is 1. The zero-order valence-electron chi connectivity index (χ0n) is 8.73. The van der Waals surface area contributed by atoms with Gasteiger partial charge in [0.05, 0.1) is 11.6 Å². The predicted molar refractivity (Wildman–Crippen MR) is 55.5 cm³/mol. The normalized spacial score (nSPS) is 11.9. The molecule has 1 unspecified atom stereocenters. The number of halogens is 2. The van der Waals surface area contributed by atoms with Crippen molar-refractivity contribution in [1.82, 2.24) is 5.32 Å². The van der Waals surface area contributed by atoms with Crippen LogP contribution >= 0.6 is 0 Å². The van der Waals surface area contributed by atoms with Crippen LogP contribution in [0.25, 0.3) is 0 Å². The SMILES string of the molecule is N#Cc1ccc(C(=O)NCC(O)C(F)F)cc1. The van der Waals surface area contributed by atoms with Gasteiger partial charge in [-0.25, -0.2) is 8.78 Å². The topological polar surface area (TPSA) is 73.1 Å². The number of aliphatic hydroxyl groups excluding tert-OH is 1. The minimum atomic E-state index is -2.89. The van der Waals surface area contributed by atoms with Crippen LogP contribution in [0.3, 0.4) is 0 Å². The first-order valence-electron chi connectivity index (χ1n) is 4.79. The van der Waals surface area contributed by atoms with Gasteiger partial charge in [0, 0.05) is 12.1 Å². The van der Waals surface area contributed by atoms with E-state index >= 15 is 0 Å². The zero-order chi connectivity index (χ0) is 12.8. The van der Waals surface area contributed by atoms with Gasteiger partial charge in [-0.2, -0.15) is 5.26 Å². The fourth-order valence-electron chi connectivity index (χ4n) is 1.08. The first-order valence-corrected chi connectivity index (χ1v) is 4.79. The number of carbonyl (C=O) groups is 1. The molecule has 0 aliphatic heterocycles. The number of nitrogens with one attached hydrogen (secondary N) is 1.